The van der Waals surface area contributed by atoms with E-state index in [4.69, 9.17) is 15.3 Å². The normalized spacial score (nSPS) is 25.1. The first kappa shape index (κ1) is 26.4. The monoisotopic (exact) mass is 526 g/mol. The average molecular weight is 527 g/mol. The summed E-state index contributed by atoms with van der Waals surface area (Å²) < 4.78 is 9.19. The van der Waals surface area contributed by atoms with Crippen molar-refractivity contribution >= 4 is 57.9 Å². The van der Waals surface area contributed by atoms with Gasteiger partial charge in [0, 0.05) is 23.8 Å². The third-order valence-corrected chi connectivity index (χ3v) is 7.21. The predicted molar refractivity (Wildman–Crippen MR) is 127 cm³/mol. The SMILES string of the molecule is C=CC1(C(=O)O)CS[C@@H]2C(NC(=O)C(=NOC(C)C(=O)OC(C)(C)C)c3nsc(N)n3)C(=O)N2C1. The Bertz CT molecular complexity index is 1080. The molecule has 4 atom stereocenters. The number of nitrogen functional groups attached to an aromatic ring is 1. The number of nitrogens with zero attached hydrogens (tertiary/aromatic N) is 4. The smallest absolute Gasteiger partial charge is 0.350 e. The molecule has 3 heterocycles. The Hall–Kier alpha value is -3.20. The summed E-state index contributed by atoms with van der Waals surface area (Å²) in [5.74, 6) is -2.99. The minimum Gasteiger partial charge on any atom is -0.481 e. The van der Waals surface area contributed by atoms with Crippen LogP contribution in [0.5, 0.6) is 0 Å². The Morgan fingerprint density at radius 2 is 2.11 bits per heavy atom. The molecule has 1 aromatic rings. The summed E-state index contributed by atoms with van der Waals surface area (Å²) in [5, 5.41) is 15.5. The van der Waals surface area contributed by atoms with Crippen molar-refractivity contribution in [2.45, 2.75) is 50.8 Å². The number of oxime groups is 1. The molecule has 2 aliphatic heterocycles. The molecule has 35 heavy (non-hydrogen) atoms. The molecular formula is C20H26N6O7S2. The van der Waals surface area contributed by atoms with Gasteiger partial charge in [0.2, 0.25) is 23.5 Å². The molecular weight excluding hydrogens is 500 g/mol. The lowest BCUT2D eigenvalue weighted by molar-refractivity contribution is -0.167. The second-order valence-corrected chi connectivity index (χ2v) is 10.8. The van der Waals surface area contributed by atoms with Crippen molar-refractivity contribution in [2.75, 3.05) is 18.0 Å². The van der Waals surface area contributed by atoms with E-state index in [-0.39, 0.29) is 29.0 Å². The van der Waals surface area contributed by atoms with Crippen molar-refractivity contribution in [2.24, 2.45) is 10.6 Å². The number of rotatable bonds is 8. The van der Waals surface area contributed by atoms with Gasteiger partial charge in [-0.2, -0.15) is 9.36 Å². The molecule has 13 nitrogen and oxygen atoms in total. The van der Waals surface area contributed by atoms with Crippen LogP contribution in [-0.4, -0.2) is 84.2 Å². The predicted octanol–water partition coefficient (Wildman–Crippen LogP) is 0.228. The molecule has 3 rings (SSSR count). The lowest BCUT2D eigenvalue weighted by atomic mass is 9.87. The van der Waals surface area contributed by atoms with E-state index in [1.165, 1.54) is 29.7 Å². The van der Waals surface area contributed by atoms with Gasteiger partial charge >= 0.3 is 11.9 Å². The van der Waals surface area contributed by atoms with E-state index in [1.807, 2.05) is 0 Å². The van der Waals surface area contributed by atoms with E-state index in [9.17, 15) is 24.3 Å². The third-order valence-electron chi connectivity index (χ3n) is 5.12. The molecule has 2 saturated heterocycles. The topological polar surface area (TPSA) is 186 Å². The molecule has 190 valence electrons. The number of hydrogen-bond acceptors (Lipinski definition) is 12. The van der Waals surface area contributed by atoms with Crippen LogP contribution in [0.3, 0.4) is 0 Å². The Labute approximate surface area is 209 Å². The third kappa shape index (κ3) is 5.56. The van der Waals surface area contributed by atoms with Crippen LogP contribution in [0.1, 0.15) is 33.5 Å². The van der Waals surface area contributed by atoms with E-state index in [2.05, 4.69) is 26.4 Å². The molecule has 3 unspecified atom stereocenters. The first-order chi connectivity index (χ1) is 16.3. The highest BCUT2D eigenvalue weighted by atomic mass is 32.2. The highest BCUT2D eigenvalue weighted by Gasteiger charge is 2.56. The summed E-state index contributed by atoms with van der Waals surface area (Å²) in [6.45, 7) is 10.0. The van der Waals surface area contributed by atoms with Gasteiger partial charge in [-0.25, -0.2) is 4.79 Å². The largest absolute Gasteiger partial charge is 0.481 e. The molecule has 0 saturated carbocycles. The van der Waals surface area contributed by atoms with E-state index in [0.717, 1.165) is 11.5 Å². The minimum absolute atomic E-state index is 0.0453. The molecule has 15 heteroatoms. The average Bonchev–Trinajstić information content (AvgIpc) is 3.21. The summed E-state index contributed by atoms with van der Waals surface area (Å²) in [6, 6.07) is -0.923. The fourth-order valence-corrected chi connectivity index (χ4v) is 5.19. The first-order valence-electron chi connectivity index (χ1n) is 10.4. The number of aromatic nitrogens is 2. The number of fused-ring (bicyclic) bond motifs is 1. The first-order valence-corrected chi connectivity index (χ1v) is 12.3. The highest BCUT2D eigenvalue weighted by molar-refractivity contribution is 8.00. The molecule has 0 bridgehead atoms. The van der Waals surface area contributed by atoms with Crippen molar-refractivity contribution < 1.29 is 33.9 Å². The summed E-state index contributed by atoms with van der Waals surface area (Å²) >= 11 is 2.05. The van der Waals surface area contributed by atoms with Gasteiger partial charge in [-0.1, -0.05) is 11.2 Å². The second-order valence-electron chi connectivity index (χ2n) is 8.96. The van der Waals surface area contributed by atoms with Gasteiger partial charge in [0.05, 0.1) is 0 Å². The van der Waals surface area contributed by atoms with Gasteiger partial charge in [-0.3, -0.25) is 14.4 Å². The van der Waals surface area contributed by atoms with E-state index in [0.29, 0.717) is 0 Å². The maximum Gasteiger partial charge on any atom is 0.350 e. The zero-order valence-corrected chi connectivity index (χ0v) is 21.1. The van der Waals surface area contributed by atoms with Crippen LogP contribution in [0, 0.1) is 5.41 Å². The van der Waals surface area contributed by atoms with Gasteiger partial charge in [0.25, 0.3) is 5.91 Å². The number of nitrogens with two attached hydrogens (primary N) is 1. The Morgan fingerprint density at radius 1 is 1.43 bits per heavy atom. The fourth-order valence-electron chi connectivity index (χ4n) is 3.22. The Morgan fingerprint density at radius 3 is 2.66 bits per heavy atom. The van der Waals surface area contributed by atoms with E-state index < -0.39 is 52.3 Å². The molecule has 2 amide bonds. The fraction of sp³-hybridized carbons (Fsp3) is 0.550. The van der Waals surface area contributed by atoms with Crippen LogP contribution in [0.15, 0.2) is 17.8 Å². The number of amides is 2. The molecule has 4 N–H and O–H groups in total. The summed E-state index contributed by atoms with van der Waals surface area (Å²) in [5.41, 5.74) is 3.23. The molecule has 0 spiro atoms. The molecule has 0 aromatic carbocycles. The van der Waals surface area contributed by atoms with Crippen LogP contribution >= 0.6 is 23.3 Å². The van der Waals surface area contributed by atoms with E-state index in [1.54, 1.807) is 20.8 Å². The molecule has 2 aliphatic rings. The molecule has 1 aromatic heterocycles. The van der Waals surface area contributed by atoms with Crippen LogP contribution in [-0.2, 0) is 28.8 Å². The van der Waals surface area contributed by atoms with Gasteiger partial charge in [0.15, 0.2) is 5.13 Å². The maximum absolute atomic E-state index is 13.0. The summed E-state index contributed by atoms with van der Waals surface area (Å²) in [7, 11) is 0. The number of esters is 1. The number of carboxylic acid groups (broad SMARTS) is 1. The van der Waals surface area contributed by atoms with Gasteiger partial charge in [0.1, 0.15) is 22.4 Å². The van der Waals surface area contributed by atoms with Crippen LogP contribution < -0.4 is 11.1 Å². The summed E-state index contributed by atoms with van der Waals surface area (Å²) in [4.78, 5) is 60.1. The van der Waals surface area contributed by atoms with Crippen LogP contribution in [0.25, 0.3) is 0 Å². The van der Waals surface area contributed by atoms with Gasteiger partial charge in [-0.05, 0) is 27.7 Å². The van der Waals surface area contributed by atoms with Gasteiger partial charge in [-0.15, -0.1) is 18.3 Å². The van der Waals surface area contributed by atoms with Crippen molar-refractivity contribution in [3.05, 3.63) is 18.5 Å². The zero-order chi connectivity index (χ0) is 26.1. The number of β-lactam (4-membered cyclic amide) rings is 1. The molecule has 0 radical (unpaired) electrons. The quantitative estimate of drug-likeness (QED) is 0.138. The highest BCUT2D eigenvalue weighted by Crippen LogP contribution is 2.42. The van der Waals surface area contributed by atoms with Crippen LogP contribution in [0.2, 0.25) is 0 Å². The molecule has 0 aliphatic carbocycles. The number of thioether (sulfide) groups is 1. The number of carbonyl (C=O) groups is 4. The Balaban J connectivity index is 1.73. The lowest BCUT2D eigenvalue weighted by Crippen LogP contribution is -2.73. The van der Waals surface area contributed by atoms with Crippen LogP contribution in [0.4, 0.5) is 5.13 Å². The van der Waals surface area contributed by atoms with Crippen molar-refractivity contribution in [3.63, 3.8) is 0 Å². The van der Waals surface area contributed by atoms with Crippen molar-refractivity contribution in [1.82, 2.24) is 19.6 Å². The minimum atomic E-state index is -1.26. The Kier molecular flexibility index (Phi) is 7.40. The number of nitrogens with one attached hydrogen (secondary N) is 1. The van der Waals surface area contributed by atoms with Crippen molar-refractivity contribution in [1.29, 1.82) is 0 Å². The van der Waals surface area contributed by atoms with E-state index >= 15 is 0 Å². The number of ether oxygens (including phenoxy) is 1. The van der Waals surface area contributed by atoms with Crippen molar-refractivity contribution in [3.8, 4) is 0 Å². The second kappa shape index (κ2) is 9.81. The number of carboxylic acids is 1. The number of carbonyl (C=O) groups excluding carboxylic acids is 3. The maximum atomic E-state index is 13.0. The number of anilines is 1. The van der Waals surface area contributed by atoms with Gasteiger partial charge < -0.3 is 30.6 Å². The molecule has 2 fully saturated rings. The number of hydrogen-bond donors (Lipinski definition) is 3. The zero-order valence-electron chi connectivity index (χ0n) is 19.5. The standard InChI is InChI=1S/C20H26N6O7S2/c1-6-20(17(30)31)7-26-14(28)11(15(26)34-8-20)22-13(27)10(12-23-18(21)35-25-12)24-33-9(2)16(29)32-19(3,4)5/h6,9,11,15H,1,7-8H2,2-5H3,(H,22,27)(H,30,31)(H2,21,23,25)/t9?,11?,15-,20?/m1/s1. The lowest BCUT2D eigenvalue weighted by Gasteiger charge is -2.53. The summed E-state index contributed by atoms with van der Waals surface area (Å²) in [6.07, 6.45) is 0.176. The number of aliphatic carboxylic acids is 1.